The number of hydrogen-bond acceptors (Lipinski definition) is 4. The van der Waals surface area contributed by atoms with Crippen LogP contribution in [0.15, 0.2) is 17.2 Å². The zero-order chi connectivity index (χ0) is 13.7. The summed E-state index contributed by atoms with van der Waals surface area (Å²) < 4.78 is 1.58. The molecular weight excluding hydrogens is 234 g/mol. The first-order valence-corrected chi connectivity index (χ1v) is 5.97. The average Bonchev–Trinajstić information content (AvgIpc) is 2.30. The molecule has 6 nitrogen and oxygen atoms in total. The molecule has 0 amide bonds. The second kappa shape index (κ2) is 6.18. The first kappa shape index (κ1) is 14.2. The van der Waals surface area contributed by atoms with E-state index < -0.39 is 11.9 Å². The fourth-order valence-electron chi connectivity index (χ4n) is 1.48. The molecule has 100 valence electrons. The van der Waals surface area contributed by atoms with Gasteiger partial charge in [-0.25, -0.2) is 4.98 Å². The van der Waals surface area contributed by atoms with Crippen molar-refractivity contribution in [3.05, 3.63) is 22.7 Å². The zero-order valence-corrected chi connectivity index (χ0v) is 10.9. The standard InChI is InChI=1S/C12H19N3O3/c1-8(2)15-7-6-14-10(11(15)16)13-5-4-9(3)12(17)18/h6-9H,4-5H2,1-3H3,(H,13,14)(H,17,18). The molecule has 1 aromatic rings. The third-order valence-electron chi connectivity index (χ3n) is 2.72. The molecule has 0 saturated carbocycles. The van der Waals surface area contributed by atoms with E-state index in [9.17, 15) is 9.59 Å². The van der Waals surface area contributed by atoms with Crippen LogP contribution in [-0.2, 0) is 4.79 Å². The Labute approximate surface area is 106 Å². The number of nitrogens with zero attached hydrogens (tertiary/aromatic N) is 2. The number of hydrogen-bond donors (Lipinski definition) is 2. The molecule has 0 fully saturated rings. The van der Waals surface area contributed by atoms with E-state index in [1.54, 1.807) is 23.9 Å². The molecular formula is C12H19N3O3. The maximum absolute atomic E-state index is 11.9. The van der Waals surface area contributed by atoms with Crippen LogP contribution in [0.25, 0.3) is 0 Å². The number of aliphatic carboxylic acids is 1. The van der Waals surface area contributed by atoms with Crippen molar-refractivity contribution in [2.24, 2.45) is 5.92 Å². The SMILES string of the molecule is CC(CCNc1nccn(C(C)C)c1=O)C(=O)O. The Hall–Kier alpha value is -1.85. The first-order valence-electron chi connectivity index (χ1n) is 5.97. The van der Waals surface area contributed by atoms with Crippen molar-refractivity contribution in [2.75, 3.05) is 11.9 Å². The van der Waals surface area contributed by atoms with Crippen LogP contribution >= 0.6 is 0 Å². The minimum absolute atomic E-state index is 0.0685. The summed E-state index contributed by atoms with van der Waals surface area (Å²) in [5.41, 5.74) is -0.185. The molecule has 0 aliphatic heterocycles. The molecule has 0 radical (unpaired) electrons. The van der Waals surface area contributed by atoms with Gasteiger partial charge in [0.2, 0.25) is 0 Å². The third kappa shape index (κ3) is 3.58. The molecule has 18 heavy (non-hydrogen) atoms. The zero-order valence-electron chi connectivity index (χ0n) is 10.9. The monoisotopic (exact) mass is 253 g/mol. The first-order chi connectivity index (χ1) is 8.43. The highest BCUT2D eigenvalue weighted by Crippen LogP contribution is 2.04. The second-order valence-corrected chi connectivity index (χ2v) is 4.54. The summed E-state index contributed by atoms with van der Waals surface area (Å²) in [5.74, 6) is -1.00. The van der Waals surface area contributed by atoms with E-state index in [2.05, 4.69) is 10.3 Å². The van der Waals surface area contributed by atoms with Gasteiger partial charge in [-0.2, -0.15) is 0 Å². The van der Waals surface area contributed by atoms with Crippen LogP contribution in [0.2, 0.25) is 0 Å². The predicted octanol–water partition coefficient (Wildman–Crippen LogP) is 1.35. The fraction of sp³-hybridized carbons (Fsp3) is 0.583. The van der Waals surface area contributed by atoms with Crippen LogP contribution in [0.4, 0.5) is 5.82 Å². The summed E-state index contributed by atoms with van der Waals surface area (Å²) in [6.07, 6.45) is 3.65. The molecule has 6 heteroatoms. The molecule has 0 spiro atoms. The van der Waals surface area contributed by atoms with Gasteiger partial charge in [-0.1, -0.05) is 6.92 Å². The van der Waals surface area contributed by atoms with Crippen molar-refractivity contribution < 1.29 is 9.90 Å². The fourth-order valence-corrected chi connectivity index (χ4v) is 1.48. The van der Waals surface area contributed by atoms with Crippen LogP contribution < -0.4 is 10.9 Å². The van der Waals surface area contributed by atoms with Gasteiger partial charge in [-0.3, -0.25) is 9.59 Å². The molecule has 1 heterocycles. The van der Waals surface area contributed by atoms with Gasteiger partial charge >= 0.3 is 5.97 Å². The van der Waals surface area contributed by atoms with Gasteiger partial charge < -0.3 is 15.0 Å². The largest absolute Gasteiger partial charge is 0.481 e. The van der Waals surface area contributed by atoms with E-state index in [4.69, 9.17) is 5.11 Å². The van der Waals surface area contributed by atoms with Gasteiger partial charge in [-0.05, 0) is 20.3 Å². The summed E-state index contributed by atoms with van der Waals surface area (Å²) in [7, 11) is 0. The molecule has 0 aliphatic rings. The second-order valence-electron chi connectivity index (χ2n) is 4.54. The summed E-state index contributed by atoms with van der Waals surface area (Å²) in [6.45, 7) is 5.88. The topological polar surface area (TPSA) is 84.2 Å². The van der Waals surface area contributed by atoms with Gasteiger partial charge in [-0.15, -0.1) is 0 Å². The molecule has 2 N–H and O–H groups in total. The van der Waals surface area contributed by atoms with Crippen molar-refractivity contribution in [3.8, 4) is 0 Å². The Kier molecular flexibility index (Phi) is 4.88. The molecule has 1 atom stereocenters. The Bertz CT molecular complexity index is 468. The van der Waals surface area contributed by atoms with Crippen molar-refractivity contribution in [3.63, 3.8) is 0 Å². The van der Waals surface area contributed by atoms with E-state index in [1.807, 2.05) is 13.8 Å². The number of rotatable bonds is 6. The van der Waals surface area contributed by atoms with Crippen molar-refractivity contribution in [1.29, 1.82) is 0 Å². The van der Waals surface area contributed by atoms with Gasteiger partial charge in [0.05, 0.1) is 5.92 Å². The maximum atomic E-state index is 11.9. The number of anilines is 1. The highest BCUT2D eigenvalue weighted by atomic mass is 16.4. The highest BCUT2D eigenvalue weighted by Gasteiger charge is 2.11. The highest BCUT2D eigenvalue weighted by molar-refractivity contribution is 5.69. The molecule has 0 saturated heterocycles. The van der Waals surface area contributed by atoms with Crippen molar-refractivity contribution in [2.45, 2.75) is 33.2 Å². The number of nitrogens with one attached hydrogen (secondary N) is 1. The summed E-state index contributed by atoms with van der Waals surface area (Å²) in [6, 6.07) is 0.0685. The Balaban J connectivity index is 2.66. The van der Waals surface area contributed by atoms with Gasteiger partial charge in [0.15, 0.2) is 5.82 Å². The van der Waals surface area contributed by atoms with E-state index in [0.717, 1.165) is 0 Å². The lowest BCUT2D eigenvalue weighted by atomic mass is 10.1. The predicted molar refractivity (Wildman–Crippen MR) is 68.8 cm³/mol. The normalized spacial score (nSPS) is 12.4. The summed E-state index contributed by atoms with van der Waals surface area (Å²) in [4.78, 5) is 26.6. The van der Waals surface area contributed by atoms with Gasteiger partial charge in [0.25, 0.3) is 5.56 Å². The molecule has 1 rings (SSSR count). The summed E-state index contributed by atoms with van der Waals surface area (Å²) in [5, 5.41) is 11.6. The minimum Gasteiger partial charge on any atom is -0.481 e. The minimum atomic E-state index is -0.836. The summed E-state index contributed by atoms with van der Waals surface area (Å²) >= 11 is 0. The van der Waals surface area contributed by atoms with Gasteiger partial charge in [0, 0.05) is 25.0 Å². The average molecular weight is 253 g/mol. The van der Waals surface area contributed by atoms with E-state index in [-0.39, 0.29) is 17.4 Å². The lowest BCUT2D eigenvalue weighted by Gasteiger charge is -2.12. The van der Waals surface area contributed by atoms with E-state index in [1.165, 1.54) is 0 Å². The number of carbonyl (C=O) groups is 1. The Morgan fingerprint density at radius 1 is 1.50 bits per heavy atom. The van der Waals surface area contributed by atoms with Crippen LogP contribution in [0.3, 0.4) is 0 Å². The number of carboxylic acid groups (broad SMARTS) is 1. The Morgan fingerprint density at radius 2 is 2.17 bits per heavy atom. The smallest absolute Gasteiger partial charge is 0.306 e. The van der Waals surface area contributed by atoms with E-state index in [0.29, 0.717) is 13.0 Å². The third-order valence-corrected chi connectivity index (χ3v) is 2.72. The van der Waals surface area contributed by atoms with Crippen LogP contribution in [0.1, 0.15) is 33.2 Å². The van der Waals surface area contributed by atoms with E-state index >= 15 is 0 Å². The quantitative estimate of drug-likeness (QED) is 0.799. The van der Waals surface area contributed by atoms with Crippen molar-refractivity contribution >= 4 is 11.8 Å². The molecule has 1 aromatic heterocycles. The van der Waals surface area contributed by atoms with Crippen LogP contribution in [-0.4, -0.2) is 27.2 Å². The van der Waals surface area contributed by atoms with Crippen LogP contribution in [0, 0.1) is 5.92 Å². The van der Waals surface area contributed by atoms with Gasteiger partial charge in [0.1, 0.15) is 0 Å². The number of aromatic nitrogens is 2. The lowest BCUT2D eigenvalue weighted by Crippen LogP contribution is -2.26. The Morgan fingerprint density at radius 3 is 2.72 bits per heavy atom. The molecule has 0 aromatic carbocycles. The molecule has 1 unspecified atom stereocenters. The number of carboxylic acids is 1. The molecule has 0 aliphatic carbocycles. The van der Waals surface area contributed by atoms with Crippen LogP contribution in [0.5, 0.6) is 0 Å². The molecule has 0 bridgehead atoms. The lowest BCUT2D eigenvalue weighted by molar-refractivity contribution is -0.141. The van der Waals surface area contributed by atoms with Crippen molar-refractivity contribution in [1.82, 2.24) is 9.55 Å². The maximum Gasteiger partial charge on any atom is 0.306 e.